The van der Waals surface area contributed by atoms with Gasteiger partial charge in [0.2, 0.25) is 0 Å². The first-order chi connectivity index (χ1) is 8.58. The number of aromatic nitrogens is 2. The van der Waals surface area contributed by atoms with Gasteiger partial charge in [0.1, 0.15) is 5.82 Å². The lowest BCUT2D eigenvalue weighted by Crippen LogP contribution is -2.39. The number of thioether (sulfide) groups is 1. The Balaban J connectivity index is 1.82. The number of sulfonamides is 1. The van der Waals surface area contributed by atoms with Crippen molar-refractivity contribution in [1.29, 1.82) is 0 Å². The van der Waals surface area contributed by atoms with Gasteiger partial charge in [-0.25, -0.2) is 18.1 Å². The summed E-state index contributed by atoms with van der Waals surface area (Å²) < 4.78 is 26.4. The van der Waals surface area contributed by atoms with Gasteiger partial charge in [0.15, 0.2) is 5.03 Å². The first-order valence-electron chi connectivity index (χ1n) is 5.89. The van der Waals surface area contributed by atoms with E-state index >= 15 is 0 Å². The van der Waals surface area contributed by atoms with Crippen molar-refractivity contribution in [3.05, 3.63) is 12.0 Å². The van der Waals surface area contributed by atoms with Gasteiger partial charge in [-0.3, -0.25) is 0 Å². The molecular weight excluding hydrogens is 272 g/mol. The van der Waals surface area contributed by atoms with Gasteiger partial charge in [-0.05, 0) is 6.92 Å². The summed E-state index contributed by atoms with van der Waals surface area (Å²) in [4.78, 5) is 8.89. The van der Waals surface area contributed by atoms with E-state index in [1.807, 2.05) is 11.8 Å². The van der Waals surface area contributed by atoms with Crippen molar-refractivity contribution >= 4 is 21.8 Å². The van der Waals surface area contributed by atoms with E-state index in [0.29, 0.717) is 12.4 Å². The minimum absolute atomic E-state index is 0.134. The molecule has 2 heterocycles. The fourth-order valence-corrected chi connectivity index (χ4v) is 3.74. The highest BCUT2D eigenvalue weighted by Crippen LogP contribution is 2.08. The number of imidazole rings is 1. The molecule has 0 amide bonds. The van der Waals surface area contributed by atoms with E-state index in [0.717, 1.165) is 31.1 Å². The Labute approximate surface area is 112 Å². The van der Waals surface area contributed by atoms with Crippen LogP contribution in [0.15, 0.2) is 11.2 Å². The van der Waals surface area contributed by atoms with Gasteiger partial charge in [0.05, 0.1) is 6.20 Å². The van der Waals surface area contributed by atoms with Crippen LogP contribution in [0.2, 0.25) is 0 Å². The van der Waals surface area contributed by atoms with Crippen molar-refractivity contribution in [2.75, 3.05) is 37.7 Å². The summed E-state index contributed by atoms with van der Waals surface area (Å²) in [6.07, 6.45) is 1.34. The van der Waals surface area contributed by atoms with Crippen LogP contribution in [0.25, 0.3) is 0 Å². The molecule has 1 aromatic rings. The monoisotopic (exact) mass is 290 g/mol. The zero-order valence-corrected chi connectivity index (χ0v) is 12.0. The fourth-order valence-electron chi connectivity index (χ4n) is 1.78. The van der Waals surface area contributed by atoms with Gasteiger partial charge in [-0.2, -0.15) is 11.8 Å². The fraction of sp³-hybridized carbons (Fsp3) is 0.700. The summed E-state index contributed by atoms with van der Waals surface area (Å²) in [5.41, 5.74) is 0. The molecular formula is C10H18N4O2S2. The quantitative estimate of drug-likeness (QED) is 0.801. The number of rotatable bonds is 5. The maximum atomic E-state index is 11.9. The number of nitrogens with one attached hydrogen (secondary N) is 2. The van der Waals surface area contributed by atoms with E-state index in [2.05, 4.69) is 19.6 Å². The predicted octanol–water partition coefficient (Wildman–Crippen LogP) is 0.0452. The largest absolute Gasteiger partial charge is 0.332 e. The van der Waals surface area contributed by atoms with Crippen LogP contribution in [0.4, 0.5) is 0 Å². The Hall–Kier alpha value is -0.570. The molecule has 2 rings (SSSR count). The molecule has 1 saturated heterocycles. The lowest BCUT2D eigenvalue weighted by Gasteiger charge is -2.25. The molecule has 0 aliphatic carbocycles. The van der Waals surface area contributed by atoms with Crippen molar-refractivity contribution in [3.8, 4) is 0 Å². The molecule has 1 aromatic heterocycles. The third-order valence-corrected chi connectivity index (χ3v) is 5.11. The Morgan fingerprint density at radius 2 is 2.22 bits per heavy atom. The van der Waals surface area contributed by atoms with E-state index in [-0.39, 0.29) is 5.03 Å². The Kier molecular flexibility index (Phi) is 4.66. The first kappa shape index (κ1) is 13.9. The molecule has 0 atom stereocenters. The molecule has 0 spiro atoms. The van der Waals surface area contributed by atoms with Crippen LogP contribution in [-0.2, 0) is 10.0 Å². The molecule has 0 unspecified atom stereocenters. The van der Waals surface area contributed by atoms with Crippen molar-refractivity contribution in [2.45, 2.75) is 11.9 Å². The molecule has 0 bridgehead atoms. The standard InChI is InChI=1S/C10H18N4O2S2/c1-9-11-8-10(13-9)18(15,16)12-2-3-14-4-6-17-7-5-14/h8,12H,2-7H2,1H3,(H,11,13). The van der Waals surface area contributed by atoms with Crippen molar-refractivity contribution in [3.63, 3.8) is 0 Å². The van der Waals surface area contributed by atoms with Gasteiger partial charge in [0, 0.05) is 37.7 Å². The molecule has 0 saturated carbocycles. The summed E-state index contributed by atoms with van der Waals surface area (Å²) in [5, 5.41) is 0.134. The average Bonchev–Trinajstić information content (AvgIpc) is 2.78. The minimum atomic E-state index is -3.44. The molecule has 0 radical (unpaired) electrons. The molecule has 2 N–H and O–H groups in total. The maximum absolute atomic E-state index is 11.9. The number of aromatic amines is 1. The Bertz CT molecular complexity index is 480. The average molecular weight is 290 g/mol. The zero-order valence-electron chi connectivity index (χ0n) is 10.3. The summed E-state index contributed by atoms with van der Waals surface area (Å²) in [6, 6.07) is 0. The second kappa shape index (κ2) is 6.05. The lowest BCUT2D eigenvalue weighted by molar-refractivity contribution is 0.307. The number of hydrogen-bond acceptors (Lipinski definition) is 5. The molecule has 1 aliphatic rings. The maximum Gasteiger partial charge on any atom is 0.257 e. The van der Waals surface area contributed by atoms with Crippen LogP contribution in [0.3, 0.4) is 0 Å². The summed E-state index contributed by atoms with van der Waals surface area (Å²) >= 11 is 1.94. The lowest BCUT2D eigenvalue weighted by atomic mass is 10.5. The third kappa shape index (κ3) is 3.71. The number of hydrogen-bond donors (Lipinski definition) is 2. The van der Waals surface area contributed by atoms with Crippen molar-refractivity contribution in [1.82, 2.24) is 19.6 Å². The highest BCUT2D eigenvalue weighted by atomic mass is 32.2. The smallest absolute Gasteiger partial charge is 0.257 e. The molecule has 1 fully saturated rings. The topological polar surface area (TPSA) is 78.1 Å². The second-order valence-corrected chi connectivity index (χ2v) is 7.14. The summed E-state index contributed by atoms with van der Waals surface area (Å²) in [7, 11) is -3.44. The van der Waals surface area contributed by atoms with Gasteiger partial charge in [-0.15, -0.1) is 0 Å². The van der Waals surface area contributed by atoms with Crippen LogP contribution < -0.4 is 4.72 Å². The zero-order chi connectivity index (χ0) is 13.0. The highest BCUT2D eigenvalue weighted by Gasteiger charge is 2.17. The molecule has 18 heavy (non-hydrogen) atoms. The van der Waals surface area contributed by atoms with E-state index in [1.165, 1.54) is 6.20 Å². The van der Waals surface area contributed by atoms with E-state index in [1.54, 1.807) is 6.92 Å². The van der Waals surface area contributed by atoms with Crippen molar-refractivity contribution < 1.29 is 8.42 Å². The van der Waals surface area contributed by atoms with E-state index in [4.69, 9.17) is 0 Å². The Morgan fingerprint density at radius 3 is 2.83 bits per heavy atom. The molecule has 102 valence electrons. The molecule has 8 heteroatoms. The Morgan fingerprint density at radius 1 is 1.50 bits per heavy atom. The second-order valence-electron chi connectivity index (χ2n) is 4.18. The molecule has 0 aromatic carbocycles. The van der Waals surface area contributed by atoms with E-state index < -0.39 is 10.0 Å². The van der Waals surface area contributed by atoms with Crippen LogP contribution >= 0.6 is 11.8 Å². The van der Waals surface area contributed by atoms with Gasteiger partial charge >= 0.3 is 0 Å². The van der Waals surface area contributed by atoms with E-state index in [9.17, 15) is 8.42 Å². The van der Waals surface area contributed by atoms with Gasteiger partial charge in [-0.1, -0.05) is 0 Å². The number of aryl methyl sites for hydroxylation is 1. The molecule has 1 aliphatic heterocycles. The van der Waals surface area contributed by atoms with Gasteiger partial charge < -0.3 is 9.88 Å². The van der Waals surface area contributed by atoms with Crippen LogP contribution in [0.1, 0.15) is 5.82 Å². The summed E-state index contributed by atoms with van der Waals surface area (Å²) in [6.45, 7) is 4.99. The molecule has 6 nitrogen and oxygen atoms in total. The number of nitrogens with zero attached hydrogens (tertiary/aromatic N) is 2. The predicted molar refractivity (Wildman–Crippen MR) is 72.3 cm³/mol. The number of H-pyrrole nitrogens is 1. The third-order valence-electron chi connectivity index (χ3n) is 2.79. The minimum Gasteiger partial charge on any atom is -0.332 e. The van der Waals surface area contributed by atoms with Crippen LogP contribution in [-0.4, -0.2) is 61.0 Å². The highest BCUT2D eigenvalue weighted by molar-refractivity contribution is 7.99. The van der Waals surface area contributed by atoms with Crippen LogP contribution in [0.5, 0.6) is 0 Å². The normalized spacial score (nSPS) is 18.1. The first-order valence-corrected chi connectivity index (χ1v) is 8.53. The van der Waals surface area contributed by atoms with Crippen LogP contribution in [0, 0.1) is 6.92 Å². The van der Waals surface area contributed by atoms with Crippen molar-refractivity contribution in [2.24, 2.45) is 0 Å². The SMILES string of the molecule is Cc1ncc(S(=O)(=O)NCCN2CCSCC2)[nH]1. The summed E-state index contributed by atoms with van der Waals surface area (Å²) in [5.74, 6) is 2.86. The van der Waals surface area contributed by atoms with Gasteiger partial charge in [0.25, 0.3) is 10.0 Å².